The standard InChI is InChI=1S/C23H27N3O2S2/c1-28-20-10-4-2-8-17(20)19(26-12-6-7-13-26)14-24-22(27)15-29-16-23-25-18-9-3-5-11-21(18)30-23/h2-5,8-11,19H,6-7,12-16H2,1H3,(H,24,27). The number of thiazole rings is 1. The van der Waals surface area contributed by atoms with Crippen LogP contribution in [0.1, 0.15) is 29.5 Å². The molecule has 158 valence electrons. The number of rotatable bonds is 9. The molecule has 2 heterocycles. The number of nitrogens with zero attached hydrogens (tertiary/aromatic N) is 2. The Bertz CT molecular complexity index is 952. The van der Waals surface area contributed by atoms with E-state index in [4.69, 9.17) is 4.74 Å². The maximum Gasteiger partial charge on any atom is 0.230 e. The summed E-state index contributed by atoms with van der Waals surface area (Å²) < 4.78 is 6.78. The van der Waals surface area contributed by atoms with E-state index in [-0.39, 0.29) is 11.9 Å². The largest absolute Gasteiger partial charge is 0.496 e. The monoisotopic (exact) mass is 441 g/mol. The van der Waals surface area contributed by atoms with Crippen LogP contribution in [0.25, 0.3) is 10.2 Å². The molecule has 0 aliphatic carbocycles. The summed E-state index contributed by atoms with van der Waals surface area (Å²) in [6.07, 6.45) is 2.41. The van der Waals surface area contributed by atoms with Crippen molar-refractivity contribution in [3.05, 3.63) is 59.1 Å². The number of hydrogen-bond donors (Lipinski definition) is 1. The Hall–Kier alpha value is -2.09. The molecule has 5 nitrogen and oxygen atoms in total. The summed E-state index contributed by atoms with van der Waals surface area (Å²) in [5.41, 5.74) is 2.18. The van der Waals surface area contributed by atoms with Crippen LogP contribution in [0.5, 0.6) is 5.75 Å². The fourth-order valence-electron chi connectivity index (χ4n) is 3.90. The summed E-state index contributed by atoms with van der Waals surface area (Å²) in [4.78, 5) is 19.6. The van der Waals surface area contributed by atoms with Gasteiger partial charge in [-0.15, -0.1) is 23.1 Å². The normalized spacial score (nSPS) is 15.4. The summed E-state index contributed by atoms with van der Waals surface area (Å²) >= 11 is 3.32. The van der Waals surface area contributed by atoms with E-state index in [1.807, 2.05) is 36.4 Å². The molecule has 0 bridgehead atoms. The minimum Gasteiger partial charge on any atom is -0.496 e. The van der Waals surface area contributed by atoms with Gasteiger partial charge in [-0.3, -0.25) is 9.69 Å². The molecule has 0 radical (unpaired) electrons. The predicted octanol–water partition coefficient (Wildman–Crippen LogP) is 4.49. The van der Waals surface area contributed by atoms with Crippen molar-refractivity contribution in [2.45, 2.75) is 24.6 Å². The third-order valence-corrected chi connectivity index (χ3v) is 7.53. The zero-order valence-electron chi connectivity index (χ0n) is 17.2. The van der Waals surface area contributed by atoms with E-state index in [1.165, 1.54) is 17.5 Å². The lowest BCUT2D eigenvalue weighted by atomic mass is 10.0. The van der Waals surface area contributed by atoms with E-state index in [1.54, 1.807) is 30.2 Å². The molecular weight excluding hydrogens is 414 g/mol. The Kier molecular flexibility index (Phi) is 7.25. The van der Waals surface area contributed by atoms with E-state index in [0.717, 1.165) is 40.7 Å². The molecule has 0 saturated carbocycles. The smallest absolute Gasteiger partial charge is 0.230 e. The van der Waals surface area contributed by atoms with Crippen molar-refractivity contribution in [1.82, 2.24) is 15.2 Å². The highest BCUT2D eigenvalue weighted by molar-refractivity contribution is 7.99. The van der Waals surface area contributed by atoms with Crippen LogP contribution in [0.4, 0.5) is 0 Å². The number of amides is 1. The van der Waals surface area contributed by atoms with E-state index < -0.39 is 0 Å². The molecule has 30 heavy (non-hydrogen) atoms. The Morgan fingerprint density at radius 2 is 1.97 bits per heavy atom. The second kappa shape index (κ2) is 10.3. The molecule has 1 unspecified atom stereocenters. The summed E-state index contributed by atoms with van der Waals surface area (Å²) in [6, 6.07) is 16.4. The number of methoxy groups -OCH3 is 1. The number of likely N-dealkylation sites (tertiary alicyclic amines) is 1. The third-order valence-electron chi connectivity index (χ3n) is 5.37. The first kappa shape index (κ1) is 21.2. The molecule has 1 aromatic heterocycles. The first-order chi connectivity index (χ1) is 14.7. The van der Waals surface area contributed by atoms with Crippen molar-refractivity contribution >= 4 is 39.2 Å². The summed E-state index contributed by atoms with van der Waals surface area (Å²) in [6.45, 7) is 2.72. The highest BCUT2D eigenvalue weighted by atomic mass is 32.2. The van der Waals surface area contributed by atoms with Gasteiger partial charge in [0, 0.05) is 17.9 Å². The van der Waals surface area contributed by atoms with Gasteiger partial charge in [0.05, 0.1) is 29.1 Å². The average molecular weight is 442 g/mol. The number of aromatic nitrogens is 1. The van der Waals surface area contributed by atoms with E-state index in [0.29, 0.717) is 12.3 Å². The van der Waals surface area contributed by atoms with E-state index in [9.17, 15) is 4.79 Å². The zero-order chi connectivity index (χ0) is 20.8. The number of thioether (sulfide) groups is 1. The number of fused-ring (bicyclic) bond motifs is 1. The third kappa shape index (κ3) is 5.14. The number of nitrogens with one attached hydrogen (secondary N) is 1. The first-order valence-corrected chi connectivity index (χ1v) is 12.3. The molecule has 1 N–H and O–H groups in total. The Morgan fingerprint density at radius 3 is 2.77 bits per heavy atom. The van der Waals surface area contributed by atoms with Gasteiger partial charge < -0.3 is 10.1 Å². The summed E-state index contributed by atoms with van der Waals surface area (Å²) in [7, 11) is 1.71. The van der Waals surface area contributed by atoms with Crippen LogP contribution in [0.3, 0.4) is 0 Å². The van der Waals surface area contributed by atoms with Crippen LogP contribution >= 0.6 is 23.1 Å². The van der Waals surface area contributed by atoms with Crippen molar-refractivity contribution < 1.29 is 9.53 Å². The zero-order valence-corrected chi connectivity index (χ0v) is 18.8. The molecule has 7 heteroatoms. The van der Waals surface area contributed by atoms with Gasteiger partial charge in [-0.05, 0) is 44.1 Å². The van der Waals surface area contributed by atoms with Gasteiger partial charge in [-0.1, -0.05) is 30.3 Å². The fourth-order valence-corrected chi connectivity index (χ4v) is 5.78. The van der Waals surface area contributed by atoms with Crippen LogP contribution < -0.4 is 10.1 Å². The van der Waals surface area contributed by atoms with E-state index in [2.05, 4.69) is 27.3 Å². The molecule has 4 rings (SSSR count). The van der Waals surface area contributed by atoms with Crippen molar-refractivity contribution in [2.24, 2.45) is 0 Å². The minimum atomic E-state index is 0.0696. The maximum absolute atomic E-state index is 12.5. The van der Waals surface area contributed by atoms with Gasteiger partial charge in [-0.2, -0.15) is 0 Å². The minimum absolute atomic E-state index is 0.0696. The molecule has 2 aromatic carbocycles. The van der Waals surface area contributed by atoms with Crippen LogP contribution in [-0.2, 0) is 10.5 Å². The topological polar surface area (TPSA) is 54.5 Å². The van der Waals surface area contributed by atoms with Crippen molar-refractivity contribution in [1.29, 1.82) is 0 Å². The fraction of sp³-hybridized carbons (Fsp3) is 0.391. The lowest BCUT2D eigenvalue weighted by Gasteiger charge is -2.29. The van der Waals surface area contributed by atoms with Crippen molar-refractivity contribution in [2.75, 3.05) is 32.5 Å². The van der Waals surface area contributed by atoms with Crippen molar-refractivity contribution in [3.8, 4) is 5.75 Å². The molecule has 1 amide bonds. The number of carbonyl (C=O) groups is 1. The predicted molar refractivity (Wildman–Crippen MR) is 125 cm³/mol. The van der Waals surface area contributed by atoms with Gasteiger partial charge in [0.1, 0.15) is 10.8 Å². The second-order valence-electron chi connectivity index (χ2n) is 7.37. The molecule has 1 saturated heterocycles. The van der Waals surface area contributed by atoms with Crippen molar-refractivity contribution in [3.63, 3.8) is 0 Å². The van der Waals surface area contributed by atoms with Gasteiger partial charge in [0.15, 0.2) is 0 Å². The maximum atomic E-state index is 12.5. The van der Waals surface area contributed by atoms with Gasteiger partial charge in [0.25, 0.3) is 0 Å². The van der Waals surface area contributed by atoms with Gasteiger partial charge in [0.2, 0.25) is 5.91 Å². The van der Waals surface area contributed by atoms with Crippen LogP contribution in [-0.4, -0.2) is 48.3 Å². The second-order valence-corrected chi connectivity index (χ2v) is 9.47. The van der Waals surface area contributed by atoms with Crippen LogP contribution in [0.2, 0.25) is 0 Å². The summed E-state index contributed by atoms with van der Waals surface area (Å²) in [5.74, 6) is 2.15. The lowest BCUT2D eigenvalue weighted by Crippen LogP contribution is -2.37. The van der Waals surface area contributed by atoms with E-state index >= 15 is 0 Å². The number of hydrogen-bond acceptors (Lipinski definition) is 6. The molecular formula is C23H27N3O2S2. The molecule has 1 fully saturated rings. The molecule has 1 aliphatic heterocycles. The SMILES string of the molecule is COc1ccccc1C(CNC(=O)CSCc1nc2ccccc2s1)N1CCCC1. The van der Waals surface area contributed by atoms with Gasteiger partial charge >= 0.3 is 0 Å². The molecule has 3 aromatic rings. The average Bonchev–Trinajstić information content (AvgIpc) is 3.44. The number of carbonyl (C=O) groups excluding carboxylic acids is 1. The molecule has 0 spiro atoms. The number of benzene rings is 2. The quantitative estimate of drug-likeness (QED) is 0.530. The number of ether oxygens (including phenoxy) is 1. The van der Waals surface area contributed by atoms with Gasteiger partial charge in [-0.25, -0.2) is 4.98 Å². The lowest BCUT2D eigenvalue weighted by molar-refractivity contribution is -0.118. The highest BCUT2D eigenvalue weighted by Gasteiger charge is 2.26. The Morgan fingerprint density at radius 1 is 1.20 bits per heavy atom. The van der Waals surface area contributed by atoms with Crippen LogP contribution in [0.15, 0.2) is 48.5 Å². The Balaban J connectivity index is 1.32. The Labute approximate surface area is 185 Å². The molecule has 1 aliphatic rings. The number of para-hydroxylation sites is 2. The summed E-state index contributed by atoms with van der Waals surface area (Å²) in [5, 5.41) is 4.22. The first-order valence-electron chi connectivity index (χ1n) is 10.3. The molecule has 1 atom stereocenters. The highest BCUT2D eigenvalue weighted by Crippen LogP contribution is 2.31. The van der Waals surface area contributed by atoms with Crippen LogP contribution in [0, 0.1) is 0 Å².